The highest BCUT2D eigenvalue weighted by Gasteiger charge is 2.25. The summed E-state index contributed by atoms with van der Waals surface area (Å²) in [6.45, 7) is 1.58. The van der Waals surface area contributed by atoms with Gasteiger partial charge in [-0.25, -0.2) is 4.98 Å². The molecule has 0 aromatic carbocycles. The van der Waals surface area contributed by atoms with Crippen molar-refractivity contribution in [3.05, 3.63) is 35.3 Å². The first kappa shape index (κ1) is 10.8. The van der Waals surface area contributed by atoms with Crippen LogP contribution >= 0.6 is 11.6 Å². The summed E-state index contributed by atoms with van der Waals surface area (Å²) in [7, 11) is 0. The van der Waals surface area contributed by atoms with Crippen LogP contribution in [0, 0.1) is 0 Å². The number of nitrogens with zero attached hydrogens (tertiary/aromatic N) is 2. The van der Waals surface area contributed by atoms with Crippen LogP contribution < -0.4 is 0 Å². The Bertz CT molecular complexity index is 599. The molecule has 0 spiro atoms. The summed E-state index contributed by atoms with van der Waals surface area (Å²) in [5.74, 6) is 1.06. The minimum atomic E-state index is 0.0595. The van der Waals surface area contributed by atoms with Crippen LogP contribution in [0.4, 0.5) is 0 Å². The molecule has 0 saturated heterocycles. The number of Topliss-reactive ketones (excluding diaryl/α,β-unsaturated/α-hetero) is 1. The molecule has 0 unspecified atom stereocenters. The molecule has 2 aromatic rings. The maximum atomic E-state index is 11.7. The largest absolute Gasteiger partial charge is 0.306 e. The lowest BCUT2D eigenvalue weighted by molar-refractivity contribution is 0.101. The van der Waals surface area contributed by atoms with E-state index in [2.05, 4.69) is 11.2 Å². The van der Waals surface area contributed by atoms with Crippen molar-refractivity contribution in [3.63, 3.8) is 0 Å². The molecule has 2 aromatic heterocycles. The van der Waals surface area contributed by atoms with Gasteiger partial charge in [0.2, 0.25) is 0 Å². The molecule has 0 bridgehead atoms. The Hall–Kier alpha value is -1.35. The maximum absolute atomic E-state index is 11.7. The lowest BCUT2D eigenvalue weighted by Crippen LogP contribution is -2.00. The van der Waals surface area contributed by atoms with Crippen LogP contribution in [-0.4, -0.2) is 15.2 Å². The number of halogens is 1. The molecule has 0 radical (unpaired) electrons. The van der Waals surface area contributed by atoms with Gasteiger partial charge < -0.3 is 4.40 Å². The van der Waals surface area contributed by atoms with Gasteiger partial charge in [0.1, 0.15) is 5.65 Å². The summed E-state index contributed by atoms with van der Waals surface area (Å²) in [5.41, 5.74) is 3.46. The number of ketones is 1. The zero-order valence-electron chi connectivity index (χ0n) is 9.61. The van der Waals surface area contributed by atoms with Crippen LogP contribution in [0.1, 0.15) is 47.3 Å². The van der Waals surface area contributed by atoms with Crippen molar-refractivity contribution in [2.75, 3.05) is 0 Å². The number of carbonyl (C=O) groups is 1. The Morgan fingerprint density at radius 3 is 2.88 bits per heavy atom. The SMILES string of the molecule is CC(=O)c1cc(C2CC2)cn2cc(CCl)nc12. The number of aromatic nitrogens is 2. The van der Waals surface area contributed by atoms with E-state index < -0.39 is 0 Å². The number of hydrogen-bond acceptors (Lipinski definition) is 2. The summed E-state index contributed by atoms with van der Waals surface area (Å²) >= 11 is 5.78. The van der Waals surface area contributed by atoms with E-state index in [-0.39, 0.29) is 5.78 Å². The Morgan fingerprint density at radius 1 is 1.53 bits per heavy atom. The molecule has 1 fully saturated rings. The van der Waals surface area contributed by atoms with E-state index in [0.717, 1.165) is 11.3 Å². The highest BCUT2D eigenvalue weighted by atomic mass is 35.5. The monoisotopic (exact) mass is 248 g/mol. The maximum Gasteiger partial charge on any atom is 0.163 e. The van der Waals surface area contributed by atoms with Crippen molar-refractivity contribution < 1.29 is 4.79 Å². The van der Waals surface area contributed by atoms with Gasteiger partial charge in [0.25, 0.3) is 0 Å². The molecule has 17 heavy (non-hydrogen) atoms. The molecular weight excluding hydrogens is 236 g/mol. The van der Waals surface area contributed by atoms with E-state index >= 15 is 0 Å². The summed E-state index contributed by atoms with van der Waals surface area (Å²) in [5, 5.41) is 0. The van der Waals surface area contributed by atoms with Crippen molar-refractivity contribution in [1.29, 1.82) is 0 Å². The standard InChI is InChI=1S/C13H13ClN2O/c1-8(17)12-4-10(9-2-3-9)6-16-7-11(5-14)15-13(12)16/h4,6-7,9H,2-3,5H2,1H3. The van der Waals surface area contributed by atoms with Crippen LogP contribution in [0.3, 0.4) is 0 Å². The molecule has 1 saturated carbocycles. The number of rotatable bonds is 3. The van der Waals surface area contributed by atoms with Crippen LogP contribution in [0.2, 0.25) is 0 Å². The number of carbonyl (C=O) groups excluding carboxylic acids is 1. The number of hydrogen-bond donors (Lipinski definition) is 0. The Morgan fingerprint density at radius 2 is 2.29 bits per heavy atom. The van der Waals surface area contributed by atoms with Crippen LogP contribution in [0.15, 0.2) is 18.5 Å². The van der Waals surface area contributed by atoms with Crippen LogP contribution in [0.5, 0.6) is 0 Å². The molecule has 0 amide bonds. The Labute approximate surface area is 104 Å². The summed E-state index contributed by atoms with van der Waals surface area (Å²) in [4.78, 5) is 16.0. The predicted octanol–water partition coefficient (Wildman–Crippen LogP) is 3.15. The van der Waals surface area contributed by atoms with E-state index in [1.165, 1.54) is 18.4 Å². The first-order chi connectivity index (χ1) is 8.19. The minimum absolute atomic E-state index is 0.0595. The van der Waals surface area contributed by atoms with Gasteiger partial charge in [-0.15, -0.1) is 11.6 Å². The van der Waals surface area contributed by atoms with Gasteiger partial charge in [-0.3, -0.25) is 4.79 Å². The fourth-order valence-corrected chi connectivity index (χ4v) is 2.26. The van der Waals surface area contributed by atoms with E-state index in [4.69, 9.17) is 11.6 Å². The summed E-state index contributed by atoms with van der Waals surface area (Å²) in [6.07, 6.45) is 6.42. The van der Waals surface area contributed by atoms with Gasteiger partial charge >= 0.3 is 0 Å². The zero-order chi connectivity index (χ0) is 12.0. The summed E-state index contributed by atoms with van der Waals surface area (Å²) < 4.78 is 1.93. The van der Waals surface area contributed by atoms with Gasteiger partial charge in [0.15, 0.2) is 5.78 Å². The lowest BCUT2D eigenvalue weighted by Gasteiger charge is -2.04. The molecule has 0 atom stereocenters. The highest BCUT2D eigenvalue weighted by Crippen LogP contribution is 2.40. The Balaban J connectivity index is 2.25. The first-order valence-electron chi connectivity index (χ1n) is 5.77. The zero-order valence-corrected chi connectivity index (χ0v) is 10.4. The molecule has 0 aliphatic heterocycles. The topological polar surface area (TPSA) is 34.4 Å². The normalized spacial score (nSPS) is 15.4. The number of fused-ring (bicyclic) bond motifs is 1. The van der Waals surface area contributed by atoms with Gasteiger partial charge in [0, 0.05) is 12.4 Å². The minimum Gasteiger partial charge on any atom is -0.306 e. The average Bonchev–Trinajstić information content (AvgIpc) is 3.07. The second kappa shape index (κ2) is 3.84. The quantitative estimate of drug-likeness (QED) is 0.618. The smallest absolute Gasteiger partial charge is 0.163 e. The second-order valence-electron chi connectivity index (χ2n) is 4.61. The van der Waals surface area contributed by atoms with Gasteiger partial charge in [0.05, 0.1) is 17.1 Å². The Kier molecular flexibility index (Phi) is 2.44. The molecular formula is C13H13ClN2O. The third-order valence-electron chi connectivity index (χ3n) is 3.19. The fraction of sp³-hybridized carbons (Fsp3) is 0.385. The van der Waals surface area contributed by atoms with Crippen molar-refractivity contribution in [2.45, 2.75) is 31.6 Å². The van der Waals surface area contributed by atoms with Gasteiger partial charge in [-0.2, -0.15) is 0 Å². The molecule has 2 heterocycles. The van der Waals surface area contributed by atoms with Crippen LogP contribution in [0.25, 0.3) is 5.65 Å². The molecule has 3 nitrogen and oxygen atoms in total. The average molecular weight is 249 g/mol. The highest BCUT2D eigenvalue weighted by molar-refractivity contribution is 6.16. The summed E-state index contributed by atoms with van der Waals surface area (Å²) in [6, 6.07) is 1.99. The van der Waals surface area contributed by atoms with Crippen molar-refractivity contribution in [1.82, 2.24) is 9.38 Å². The lowest BCUT2D eigenvalue weighted by atomic mass is 10.1. The van der Waals surface area contributed by atoms with E-state index in [0.29, 0.717) is 17.4 Å². The number of pyridine rings is 1. The fourth-order valence-electron chi connectivity index (χ4n) is 2.13. The molecule has 1 aliphatic rings. The molecule has 88 valence electrons. The van der Waals surface area contributed by atoms with Crippen molar-refractivity contribution in [2.24, 2.45) is 0 Å². The van der Waals surface area contributed by atoms with Crippen molar-refractivity contribution >= 4 is 23.0 Å². The van der Waals surface area contributed by atoms with Crippen LogP contribution in [-0.2, 0) is 5.88 Å². The second-order valence-corrected chi connectivity index (χ2v) is 4.88. The molecule has 3 rings (SSSR count). The van der Waals surface area contributed by atoms with Gasteiger partial charge in [-0.05, 0) is 37.3 Å². The van der Waals surface area contributed by atoms with Crippen molar-refractivity contribution in [3.8, 4) is 0 Å². The molecule has 0 N–H and O–H groups in total. The number of alkyl halides is 1. The molecule has 1 aliphatic carbocycles. The van der Waals surface area contributed by atoms with E-state index in [1.807, 2.05) is 16.7 Å². The van der Waals surface area contributed by atoms with Gasteiger partial charge in [-0.1, -0.05) is 0 Å². The van der Waals surface area contributed by atoms with E-state index in [1.54, 1.807) is 6.92 Å². The third kappa shape index (κ3) is 1.84. The predicted molar refractivity (Wildman–Crippen MR) is 66.7 cm³/mol. The number of imidazole rings is 1. The molecule has 4 heteroatoms. The first-order valence-corrected chi connectivity index (χ1v) is 6.31. The third-order valence-corrected chi connectivity index (χ3v) is 3.46. The van der Waals surface area contributed by atoms with E-state index in [9.17, 15) is 4.79 Å².